The molecule has 26 heavy (non-hydrogen) atoms. The number of nitrogens with zero attached hydrogens (tertiary/aromatic N) is 1. The number of nitrogens with one attached hydrogen (secondary N) is 2. The third kappa shape index (κ3) is 3.72. The summed E-state index contributed by atoms with van der Waals surface area (Å²) in [5, 5.41) is 14.1. The fraction of sp³-hybridized carbons (Fsp3) is 0.105. The molecule has 0 saturated heterocycles. The SMILES string of the molecule is COc1ccc([N+](=O)[O-])c(-c2ccc(C(=O)NCc3ccccc3)[nH]2)c1. The molecule has 0 saturated carbocycles. The van der Waals surface area contributed by atoms with E-state index < -0.39 is 4.92 Å². The number of H-pyrrole nitrogens is 1. The molecule has 7 heteroatoms. The number of ether oxygens (including phenoxy) is 1. The van der Waals surface area contributed by atoms with E-state index in [4.69, 9.17) is 4.74 Å². The van der Waals surface area contributed by atoms with Crippen LogP contribution in [0, 0.1) is 10.1 Å². The highest BCUT2D eigenvalue weighted by atomic mass is 16.6. The van der Waals surface area contributed by atoms with Crippen LogP contribution in [-0.4, -0.2) is 22.9 Å². The molecule has 0 atom stereocenters. The highest BCUT2D eigenvalue weighted by Crippen LogP contribution is 2.32. The molecule has 0 fully saturated rings. The zero-order chi connectivity index (χ0) is 18.5. The Morgan fingerprint density at radius 1 is 1.15 bits per heavy atom. The van der Waals surface area contributed by atoms with Crippen LogP contribution in [0.5, 0.6) is 5.75 Å². The average molecular weight is 351 g/mol. The topological polar surface area (TPSA) is 97.3 Å². The van der Waals surface area contributed by atoms with E-state index in [1.807, 2.05) is 30.3 Å². The van der Waals surface area contributed by atoms with Gasteiger partial charge in [-0.25, -0.2) is 0 Å². The Bertz CT molecular complexity index is 935. The first-order chi connectivity index (χ1) is 12.6. The summed E-state index contributed by atoms with van der Waals surface area (Å²) in [6, 6.07) is 17.2. The van der Waals surface area contributed by atoms with E-state index in [2.05, 4.69) is 10.3 Å². The second-order valence-corrected chi connectivity index (χ2v) is 5.59. The van der Waals surface area contributed by atoms with Gasteiger partial charge in [0.15, 0.2) is 0 Å². The van der Waals surface area contributed by atoms with Crippen LogP contribution in [0.15, 0.2) is 60.7 Å². The normalized spacial score (nSPS) is 10.3. The molecule has 7 nitrogen and oxygen atoms in total. The van der Waals surface area contributed by atoms with E-state index in [0.29, 0.717) is 29.2 Å². The number of hydrogen-bond acceptors (Lipinski definition) is 4. The van der Waals surface area contributed by atoms with Gasteiger partial charge in [-0.2, -0.15) is 0 Å². The fourth-order valence-electron chi connectivity index (χ4n) is 2.58. The molecule has 0 aliphatic rings. The standard InChI is InChI=1S/C19H17N3O4/c1-26-14-7-10-18(22(24)25)15(11-14)16-8-9-17(21-16)19(23)20-12-13-5-3-2-4-6-13/h2-11,21H,12H2,1H3,(H,20,23). The molecular formula is C19H17N3O4. The van der Waals surface area contributed by atoms with Crippen molar-refractivity contribution in [2.75, 3.05) is 7.11 Å². The summed E-state index contributed by atoms with van der Waals surface area (Å²) < 4.78 is 5.14. The molecular weight excluding hydrogens is 334 g/mol. The van der Waals surface area contributed by atoms with Crippen LogP contribution in [-0.2, 0) is 6.54 Å². The van der Waals surface area contributed by atoms with Crippen LogP contribution in [0.4, 0.5) is 5.69 Å². The van der Waals surface area contributed by atoms with E-state index in [1.54, 1.807) is 18.2 Å². The van der Waals surface area contributed by atoms with Gasteiger partial charge in [-0.3, -0.25) is 14.9 Å². The largest absolute Gasteiger partial charge is 0.497 e. The highest BCUT2D eigenvalue weighted by molar-refractivity contribution is 5.93. The molecule has 0 radical (unpaired) electrons. The molecule has 1 amide bonds. The van der Waals surface area contributed by atoms with Crippen LogP contribution in [0.1, 0.15) is 16.1 Å². The fourth-order valence-corrected chi connectivity index (χ4v) is 2.58. The lowest BCUT2D eigenvalue weighted by Gasteiger charge is -2.05. The van der Waals surface area contributed by atoms with Gasteiger partial charge in [0.25, 0.3) is 11.6 Å². The quantitative estimate of drug-likeness (QED) is 0.524. The number of aromatic nitrogens is 1. The molecule has 0 bridgehead atoms. The van der Waals surface area contributed by atoms with E-state index >= 15 is 0 Å². The lowest BCUT2D eigenvalue weighted by atomic mass is 10.1. The van der Waals surface area contributed by atoms with Gasteiger partial charge in [0.05, 0.1) is 23.3 Å². The van der Waals surface area contributed by atoms with E-state index in [9.17, 15) is 14.9 Å². The monoisotopic (exact) mass is 351 g/mol. The van der Waals surface area contributed by atoms with Crippen LogP contribution in [0.2, 0.25) is 0 Å². The molecule has 3 rings (SSSR count). The van der Waals surface area contributed by atoms with Gasteiger partial charge in [-0.15, -0.1) is 0 Å². The van der Waals surface area contributed by atoms with Gasteiger partial charge in [0, 0.05) is 12.6 Å². The lowest BCUT2D eigenvalue weighted by molar-refractivity contribution is -0.384. The van der Waals surface area contributed by atoms with Crippen molar-refractivity contribution >= 4 is 11.6 Å². The van der Waals surface area contributed by atoms with Gasteiger partial charge in [-0.1, -0.05) is 30.3 Å². The summed E-state index contributed by atoms with van der Waals surface area (Å²) in [6.45, 7) is 0.396. The minimum Gasteiger partial charge on any atom is -0.497 e. The number of benzene rings is 2. The lowest BCUT2D eigenvalue weighted by Crippen LogP contribution is -2.23. The van der Waals surface area contributed by atoms with Crippen molar-refractivity contribution in [3.63, 3.8) is 0 Å². The summed E-state index contributed by atoms with van der Waals surface area (Å²) in [4.78, 5) is 26.0. The Hall–Kier alpha value is -3.61. The molecule has 0 aliphatic heterocycles. The smallest absolute Gasteiger partial charge is 0.278 e. The maximum atomic E-state index is 12.3. The Balaban J connectivity index is 1.81. The summed E-state index contributed by atoms with van der Waals surface area (Å²) in [6.07, 6.45) is 0. The summed E-state index contributed by atoms with van der Waals surface area (Å²) in [5.41, 5.74) is 2.07. The van der Waals surface area contributed by atoms with Crippen molar-refractivity contribution < 1.29 is 14.5 Å². The molecule has 0 unspecified atom stereocenters. The van der Waals surface area contributed by atoms with Crippen LogP contribution in [0.3, 0.4) is 0 Å². The number of nitro groups is 1. The number of methoxy groups -OCH3 is 1. The first-order valence-electron chi connectivity index (χ1n) is 7.92. The van der Waals surface area contributed by atoms with Crippen molar-refractivity contribution in [2.24, 2.45) is 0 Å². The number of hydrogen-bond donors (Lipinski definition) is 2. The maximum absolute atomic E-state index is 12.3. The zero-order valence-electron chi connectivity index (χ0n) is 14.1. The molecule has 1 aromatic heterocycles. The van der Waals surface area contributed by atoms with Crippen molar-refractivity contribution in [1.82, 2.24) is 10.3 Å². The van der Waals surface area contributed by atoms with Crippen molar-refractivity contribution in [1.29, 1.82) is 0 Å². The predicted molar refractivity (Wildman–Crippen MR) is 97.0 cm³/mol. The van der Waals surface area contributed by atoms with Crippen molar-refractivity contribution in [3.8, 4) is 17.0 Å². The number of amides is 1. The number of carbonyl (C=O) groups is 1. The van der Waals surface area contributed by atoms with E-state index in [0.717, 1.165) is 5.56 Å². The molecule has 132 valence electrons. The van der Waals surface area contributed by atoms with Crippen molar-refractivity contribution in [3.05, 3.63) is 82.0 Å². The van der Waals surface area contributed by atoms with Crippen LogP contribution >= 0.6 is 0 Å². The van der Waals surface area contributed by atoms with Gasteiger partial charge in [0.2, 0.25) is 0 Å². The van der Waals surface area contributed by atoms with Gasteiger partial charge in [-0.05, 0) is 29.8 Å². The highest BCUT2D eigenvalue weighted by Gasteiger charge is 2.19. The molecule has 2 aromatic carbocycles. The van der Waals surface area contributed by atoms with Gasteiger partial charge in [0.1, 0.15) is 11.4 Å². The second-order valence-electron chi connectivity index (χ2n) is 5.59. The van der Waals surface area contributed by atoms with Gasteiger partial charge >= 0.3 is 0 Å². The summed E-state index contributed by atoms with van der Waals surface area (Å²) >= 11 is 0. The first kappa shape index (κ1) is 17.2. The van der Waals surface area contributed by atoms with Gasteiger partial charge < -0.3 is 15.0 Å². The number of aromatic amines is 1. The maximum Gasteiger partial charge on any atom is 0.278 e. The number of nitro benzene ring substituents is 1. The number of rotatable bonds is 6. The molecule has 2 N–H and O–H groups in total. The van der Waals surface area contributed by atoms with Crippen LogP contribution in [0.25, 0.3) is 11.3 Å². The minimum absolute atomic E-state index is 0.0658. The van der Waals surface area contributed by atoms with E-state index in [-0.39, 0.29) is 11.6 Å². The van der Waals surface area contributed by atoms with Crippen molar-refractivity contribution in [2.45, 2.75) is 6.54 Å². The Kier molecular flexibility index (Phi) is 4.98. The number of carbonyl (C=O) groups excluding carboxylic acids is 1. The first-order valence-corrected chi connectivity index (χ1v) is 7.92. The molecule has 0 spiro atoms. The predicted octanol–water partition coefficient (Wildman–Crippen LogP) is 3.53. The third-order valence-corrected chi connectivity index (χ3v) is 3.92. The molecule has 0 aliphatic carbocycles. The van der Waals surface area contributed by atoms with Crippen LogP contribution < -0.4 is 10.1 Å². The summed E-state index contributed by atoms with van der Waals surface area (Å²) in [5.74, 6) is 0.209. The third-order valence-electron chi connectivity index (χ3n) is 3.92. The minimum atomic E-state index is -0.467. The summed E-state index contributed by atoms with van der Waals surface area (Å²) in [7, 11) is 1.49. The zero-order valence-corrected chi connectivity index (χ0v) is 14.1. The Morgan fingerprint density at radius 2 is 1.92 bits per heavy atom. The molecule has 3 aromatic rings. The average Bonchev–Trinajstić information content (AvgIpc) is 3.16. The van der Waals surface area contributed by atoms with E-state index in [1.165, 1.54) is 19.2 Å². The molecule has 1 heterocycles. The Morgan fingerprint density at radius 3 is 2.62 bits per heavy atom. The second kappa shape index (κ2) is 7.52. The Labute approximate surface area is 149 Å².